The van der Waals surface area contributed by atoms with Crippen molar-refractivity contribution in [3.8, 4) is 0 Å². The molecule has 0 amide bonds. The highest BCUT2D eigenvalue weighted by Crippen LogP contribution is 2.23. The maximum absolute atomic E-state index is 8.71. The molecule has 9 heavy (non-hydrogen) atoms. The lowest BCUT2D eigenvalue weighted by molar-refractivity contribution is 0.329. The van der Waals surface area contributed by atoms with Crippen LogP contribution < -0.4 is 0 Å². The fourth-order valence-electron chi connectivity index (χ4n) is 1.06. The van der Waals surface area contributed by atoms with Crippen molar-refractivity contribution >= 4 is 0 Å². The van der Waals surface area contributed by atoms with Crippen molar-refractivity contribution in [3.05, 3.63) is 22.8 Å². The minimum absolute atomic E-state index is 0.217. The Morgan fingerprint density at radius 3 is 2.44 bits per heavy atom. The first-order valence-corrected chi connectivity index (χ1v) is 3.20. The molecule has 0 saturated carbocycles. The molecule has 0 unspecified atom stereocenters. The summed E-state index contributed by atoms with van der Waals surface area (Å²) in [5.74, 6) is 0. The highest BCUT2D eigenvalue weighted by molar-refractivity contribution is 5.36. The highest BCUT2D eigenvalue weighted by Gasteiger charge is 2.06. The van der Waals surface area contributed by atoms with Gasteiger partial charge in [-0.15, -0.1) is 0 Å². The minimum atomic E-state index is 0.217. The van der Waals surface area contributed by atoms with Crippen LogP contribution in [0.2, 0.25) is 0 Å². The summed E-state index contributed by atoms with van der Waals surface area (Å²) in [7, 11) is 0. The summed E-state index contributed by atoms with van der Waals surface area (Å²) in [4.78, 5) is 0. The van der Waals surface area contributed by atoms with Crippen molar-refractivity contribution in [2.75, 3.05) is 6.61 Å². The molecule has 1 rings (SSSR count). The molecule has 0 atom stereocenters. The van der Waals surface area contributed by atoms with Crippen LogP contribution in [0.25, 0.3) is 0 Å². The van der Waals surface area contributed by atoms with Gasteiger partial charge in [0.1, 0.15) is 0 Å². The fraction of sp³-hybridized carbons (Fsp3) is 0.500. The average Bonchev–Trinajstić information content (AvgIpc) is 2.13. The van der Waals surface area contributed by atoms with Crippen LogP contribution in [0, 0.1) is 0 Å². The maximum Gasteiger partial charge on any atom is 0.0648 e. The lowest BCUT2D eigenvalue weighted by atomic mass is 10.2. The van der Waals surface area contributed by atoms with E-state index in [9.17, 15) is 0 Å². The maximum atomic E-state index is 8.71. The van der Waals surface area contributed by atoms with E-state index in [0.29, 0.717) is 0 Å². The zero-order valence-corrected chi connectivity index (χ0v) is 5.94. The normalized spacial score (nSPS) is 18.8. The SMILES string of the molecule is CC1=C(C)CC(CO)=C1. The molecule has 50 valence electrons. The van der Waals surface area contributed by atoms with E-state index in [1.807, 2.05) is 0 Å². The van der Waals surface area contributed by atoms with Gasteiger partial charge in [-0.3, -0.25) is 0 Å². The molecule has 1 N–H and O–H groups in total. The Kier molecular flexibility index (Phi) is 1.72. The third-order valence-corrected chi connectivity index (χ3v) is 1.79. The first-order chi connectivity index (χ1) is 4.24. The standard InChI is InChI=1S/C8H12O/c1-6-3-8(5-9)4-7(6)2/h3,9H,4-5H2,1-2H3. The molecule has 0 heterocycles. The molecular formula is C8H12O. The van der Waals surface area contributed by atoms with Crippen LogP contribution in [-0.2, 0) is 0 Å². The van der Waals surface area contributed by atoms with Gasteiger partial charge in [0.05, 0.1) is 6.61 Å². The number of aliphatic hydroxyl groups excluding tert-OH is 1. The second-order valence-electron chi connectivity index (χ2n) is 2.60. The lowest BCUT2D eigenvalue weighted by Gasteiger charge is -1.93. The second-order valence-corrected chi connectivity index (χ2v) is 2.60. The van der Waals surface area contributed by atoms with Gasteiger partial charge in [-0.2, -0.15) is 0 Å². The summed E-state index contributed by atoms with van der Waals surface area (Å²) in [5, 5.41) is 8.71. The molecule has 0 fully saturated rings. The Morgan fingerprint density at radius 2 is 2.22 bits per heavy atom. The van der Waals surface area contributed by atoms with Crippen molar-refractivity contribution < 1.29 is 5.11 Å². The summed E-state index contributed by atoms with van der Waals surface area (Å²) in [6.45, 7) is 4.40. The molecule has 0 radical (unpaired) electrons. The lowest BCUT2D eigenvalue weighted by Crippen LogP contribution is -1.85. The van der Waals surface area contributed by atoms with Crippen molar-refractivity contribution in [2.45, 2.75) is 20.3 Å². The van der Waals surface area contributed by atoms with Crippen LogP contribution in [0.4, 0.5) is 0 Å². The summed E-state index contributed by atoms with van der Waals surface area (Å²) in [6.07, 6.45) is 3.04. The molecule has 1 heteroatoms. The zero-order valence-electron chi connectivity index (χ0n) is 5.94. The minimum Gasteiger partial charge on any atom is -0.392 e. The van der Waals surface area contributed by atoms with E-state index in [-0.39, 0.29) is 6.61 Å². The summed E-state index contributed by atoms with van der Waals surface area (Å²) in [6, 6.07) is 0. The molecule has 0 aromatic carbocycles. The third-order valence-electron chi connectivity index (χ3n) is 1.79. The highest BCUT2D eigenvalue weighted by atomic mass is 16.3. The molecular weight excluding hydrogens is 112 g/mol. The molecule has 1 aliphatic carbocycles. The summed E-state index contributed by atoms with van der Waals surface area (Å²) >= 11 is 0. The van der Waals surface area contributed by atoms with E-state index in [1.54, 1.807) is 0 Å². The van der Waals surface area contributed by atoms with Crippen molar-refractivity contribution in [1.29, 1.82) is 0 Å². The van der Waals surface area contributed by atoms with Gasteiger partial charge >= 0.3 is 0 Å². The molecule has 1 nitrogen and oxygen atoms in total. The predicted molar refractivity (Wildman–Crippen MR) is 38.2 cm³/mol. The fourth-order valence-corrected chi connectivity index (χ4v) is 1.06. The number of hydrogen-bond donors (Lipinski definition) is 1. The van der Waals surface area contributed by atoms with Crippen LogP contribution in [0.15, 0.2) is 22.8 Å². The number of hydrogen-bond acceptors (Lipinski definition) is 1. The first kappa shape index (κ1) is 6.56. The summed E-state index contributed by atoms with van der Waals surface area (Å²) < 4.78 is 0. The zero-order chi connectivity index (χ0) is 6.85. The molecule has 0 spiro atoms. The van der Waals surface area contributed by atoms with Gasteiger partial charge in [0, 0.05) is 0 Å². The van der Waals surface area contributed by atoms with Crippen molar-refractivity contribution in [1.82, 2.24) is 0 Å². The Balaban J connectivity index is 2.67. The number of rotatable bonds is 1. The van der Waals surface area contributed by atoms with Gasteiger partial charge in [-0.05, 0) is 25.8 Å². The van der Waals surface area contributed by atoms with E-state index < -0.39 is 0 Å². The van der Waals surface area contributed by atoms with Crippen LogP contribution in [0.3, 0.4) is 0 Å². The van der Waals surface area contributed by atoms with Crippen LogP contribution in [0.1, 0.15) is 20.3 Å². The van der Waals surface area contributed by atoms with E-state index >= 15 is 0 Å². The first-order valence-electron chi connectivity index (χ1n) is 3.20. The second kappa shape index (κ2) is 2.36. The predicted octanol–water partition coefficient (Wildman–Crippen LogP) is 1.65. The van der Waals surface area contributed by atoms with E-state index in [2.05, 4.69) is 19.9 Å². The molecule has 0 saturated heterocycles. The summed E-state index contributed by atoms with van der Waals surface area (Å²) in [5.41, 5.74) is 3.85. The van der Waals surface area contributed by atoms with Gasteiger partial charge in [0.2, 0.25) is 0 Å². The Labute approximate surface area is 55.7 Å². The Hall–Kier alpha value is -0.560. The van der Waals surface area contributed by atoms with Crippen molar-refractivity contribution in [2.24, 2.45) is 0 Å². The van der Waals surface area contributed by atoms with E-state index in [4.69, 9.17) is 5.11 Å². The van der Waals surface area contributed by atoms with Crippen LogP contribution in [0.5, 0.6) is 0 Å². The van der Waals surface area contributed by atoms with Gasteiger partial charge in [0.25, 0.3) is 0 Å². The quantitative estimate of drug-likeness (QED) is 0.563. The topological polar surface area (TPSA) is 20.2 Å². The largest absolute Gasteiger partial charge is 0.392 e. The molecule has 0 bridgehead atoms. The Bertz CT molecular complexity index is 175. The molecule has 1 aliphatic rings. The van der Waals surface area contributed by atoms with E-state index in [0.717, 1.165) is 12.0 Å². The monoisotopic (exact) mass is 124 g/mol. The van der Waals surface area contributed by atoms with Gasteiger partial charge < -0.3 is 5.11 Å². The molecule has 0 aromatic rings. The van der Waals surface area contributed by atoms with Crippen molar-refractivity contribution in [3.63, 3.8) is 0 Å². The molecule has 0 aromatic heterocycles. The van der Waals surface area contributed by atoms with Gasteiger partial charge in [-0.25, -0.2) is 0 Å². The third kappa shape index (κ3) is 1.22. The van der Waals surface area contributed by atoms with E-state index in [1.165, 1.54) is 11.1 Å². The molecule has 0 aliphatic heterocycles. The number of aliphatic hydroxyl groups is 1. The van der Waals surface area contributed by atoms with Gasteiger partial charge in [-0.1, -0.05) is 17.2 Å². The van der Waals surface area contributed by atoms with Gasteiger partial charge in [0.15, 0.2) is 0 Å². The van der Waals surface area contributed by atoms with Crippen LogP contribution in [-0.4, -0.2) is 11.7 Å². The average molecular weight is 124 g/mol. The Morgan fingerprint density at radius 1 is 1.56 bits per heavy atom. The van der Waals surface area contributed by atoms with Crippen LogP contribution >= 0.6 is 0 Å². The number of allylic oxidation sites excluding steroid dienone is 3. The smallest absolute Gasteiger partial charge is 0.0648 e.